The van der Waals surface area contributed by atoms with E-state index in [1.54, 1.807) is 25.4 Å². The molecule has 2 aliphatic rings. The number of carbonyl (C=O) groups excluding carboxylic acids is 1. The Labute approximate surface area is 216 Å². The molecule has 0 saturated carbocycles. The van der Waals surface area contributed by atoms with E-state index in [2.05, 4.69) is 21.3 Å². The second-order valence-electron chi connectivity index (χ2n) is 9.48. The Hall–Kier alpha value is -3.34. The fourth-order valence-corrected chi connectivity index (χ4v) is 5.62. The number of carbonyl (C=O) groups is 1. The molecule has 1 N–H and O–H groups in total. The van der Waals surface area contributed by atoms with Gasteiger partial charge in [-0.25, -0.2) is 0 Å². The largest absolute Gasteiger partial charge is 0.495 e. The first-order valence-electron chi connectivity index (χ1n) is 12.5. The first-order valence-corrected chi connectivity index (χ1v) is 12.9. The Morgan fingerprint density at radius 1 is 1.17 bits per heavy atom. The lowest BCUT2D eigenvalue weighted by molar-refractivity contribution is 0.0645. The molecule has 7 nitrogen and oxygen atoms in total. The number of aromatic nitrogens is 1. The molecule has 2 fully saturated rings. The van der Waals surface area contributed by atoms with E-state index >= 15 is 0 Å². The van der Waals surface area contributed by atoms with E-state index in [1.807, 2.05) is 29.2 Å². The van der Waals surface area contributed by atoms with Crippen LogP contribution in [0.5, 0.6) is 5.75 Å². The van der Waals surface area contributed by atoms with Crippen LogP contribution in [0.4, 0.5) is 5.69 Å². The monoisotopic (exact) mass is 503 g/mol. The van der Waals surface area contributed by atoms with Gasteiger partial charge in [0.25, 0.3) is 5.91 Å². The SMILES string of the molecule is COc1ccc(CNc2c(C(=O)N3CCC(N4CCCC4)CC3)cnc3ccc(C#N)cc23)cc1Cl. The first kappa shape index (κ1) is 24.4. The Morgan fingerprint density at radius 2 is 1.94 bits per heavy atom. The maximum atomic E-state index is 13.7. The lowest BCUT2D eigenvalue weighted by Crippen LogP contribution is -2.46. The second-order valence-corrected chi connectivity index (χ2v) is 9.89. The van der Waals surface area contributed by atoms with Crippen molar-refractivity contribution in [2.75, 3.05) is 38.6 Å². The molecule has 0 bridgehead atoms. The summed E-state index contributed by atoms with van der Waals surface area (Å²) in [5.74, 6) is 0.587. The van der Waals surface area contributed by atoms with E-state index < -0.39 is 0 Å². The van der Waals surface area contributed by atoms with Gasteiger partial charge in [-0.15, -0.1) is 0 Å². The summed E-state index contributed by atoms with van der Waals surface area (Å²) in [6.07, 6.45) is 6.21. The van der Waals surface area contributed by atoms with Crippen molar-refractivity contribution in [2.45, 2.75) is 38.3 Å². The minimum Gasteiger partial charge on any atom is -0.495 e. The average Bonchev–Trinajstić information content (AvgIpc) is 3.46. The van der Waals surface area contributed by atoms with Crippen LogP contribution in [-0.2, 0) is 6.54 Å². The number of nitriles is 1. The number of nitrogens with one attached hydrogen (secondary N) is 1. The molecule has 0 aliphatic carbocycles. The molecule has 3 heterocycles. The van der Waals surface area contributed by atoms with Crippen molar-refractivity contribution in [2.24, 2.45) is 0 Å². The van der Waals surface area contributed by atoms with Crippen LogP contribution in [0.3, 0.4) is 0 Å². The van der Waals surface area contributed by atoms with Gasteiger partial charge in [-0.2, -0.15) is 5.26 Å². The molecule has 36 heavy (non-hydrogen) atoms. The van der Waals surface area contributed by atoms with Crippen LogP contribution in [0, 0.1) is 11.3 Å². The molecule has 0 spiro atoms. The predicted octanol–water partition coefficient (Wildman–Crippen LogP) is 5.08. The van der Waals surface area contributed by atoms with Gasteiger partial charge in [-0.1, -0.05) is 17.7 Å². The van der Waals surface area contributed by atoms with Gasteiger partial charge in [0.2, 0.25) is 0 Å². The molecule has 1 aromatic heterocycles. The number of hydrogen-bond acceptors (Lipinski definition) is 6. The topological polar surface area (TPSA) is 81.5 Å². The number of benzene rings is 2. The van der Waals surface area contributed by atoms with Gasteiger partial charge >= 0.3 is 0 Å². The van der Waals surface area contributed by atoms with Gasteiger partial charge in [0.15, 0.2) is 0 Å². The summed E-state index contributed by atoms with van der Waals surface area (Å²) >= 11 is 6.32. The Balaban J connectivity index is 1.42. The fourth-order valence-electron chi connectivity index (χ4n) is 5.34. The smallest absolute Gasteiger partial charge is 0.257 e. The van der Waals surface area contributed by atoms with E-state index in [1.165, 1.54) is 25.9 Å². The number of amides is 1. The van der Waals surface area contributed by atoms with Crippen LogP contribution in [0.2, 0.25) is 5.02 Å². The number of pyridine rings is 1. The number of halogens is 1. The third kappa shape index (κ3) is 4.97. The van der Waals surface area contributed by atoms with E-state index in [0.717, 1.165) is 42.4 Å². The van der Waals surface area contributed by atoms with Gasteiger partial charge in [0.1, 0.15) is 5.75 Å². The number of anilines is 1. The second kappa shape index (κ2) is 10.7. The van der Waals surface area contributed by atoms with Crippen molar-refractivity contribution >= 4 is 34.1 Å². The van der Waals surface area contributed by atoms with Crippen LogP contribution in [-0.4, -0.2) is 60.0 Å². The highest BCUT2D eigenvalue weighted by atomic mass is 35.5. The third-order valence-electron chi connectivity index (χ3n) is 7.32. The molecule has 2 aliphatic heterocycles. The summed E-state index contributed by atoms with van der Waals surface area (Å²) in [6.45, 7) is 4.29. The Bertz CT molecular complexity index is 1310. The van der Waals surface area contributed by atoms with Crippen molar-refractivity contribution in [1.29, 1.82) is 5.26 Å². The van der Waals surface area contributed by atoms with Gasteiger partial charge in [-0.05, 0) is 74.7 Å². The summed E-state index contributed by atoms with van der Waals surface area (Å²) in [5.41, 5.74) is 3.42. The van der Waals surface area contributed by atoms with Crippen molar-refractivity contribution in [3.05, 3.63) is 64.3 Å². The molecular weight excluding hydrogens is 474 g/mol. The predicted molar refractivity (Wildman–Crippen MR) is 142 cm³/mol. The number of nitrogens with zero attached hydrogens (tertiary/aromatic N) is 4. The number of hydrogen-bond donors (Lipinski definition) is 1. The van der Waals surface area contributed by atoms with E-state index in [0.29, 0.717) is 40.2 Å². The van der Waals surface area contributed by atoms with Crippen LogP contribution in [0.15, 0.2) is 42.6 Å². The highest BCUT2D eigenvalue weighted by Crippen LogP contribution is 2.31. The standard InChI is InChI=1S/C28H30ClN5O2/c1-36-26-7-5-20(15-24(26)29)17-32-27-22-14-19(16-30)4-6-25(22)31-18-23(27)28(35)34-12-8-21(9-13-34)33-10-2-3-11-33/h4-7,14-15,18,21H,2-3,8-13,17H2,1H3,(H,31,32). The summed E-state index contributed by atoms with van der Waals surface area (Å²) in [7, 11) is 1.58. The number of likely N-dealkylation sites (tertiary alicyclic amines) is 2. The van der Waals surface area contributed by atoms with Crippen LogP contribution >= 0.6 is 11.6 Å². The first-order chi connectivity index (χ1) is 17.6. The molecule has 2 aromatic carbocycles. The van der Waals surface area contributed by atoms with Crippen molar-refractivity contribution < 1.29 is 9.53 Å². The van der Waals surface area contributed by atoms with Gasteiger partial charge < -0.3 is 19.9 Å². The summed E-state index contributed by atoms with van der Waals surface area (Å²) < 4.78 is 5.26. The zero-order valence-corrected chi connectivity index (χ0v) is 21.2. The number of piperidine rings is 1. The van der Waals surface area contributed by atoms with E-state index in [9.17, 15) is 10.1 Å². The number of rotatable bonds is 6. The molecule has 0 atom stereocenters. The normalized spacial score (nSPS) is 16.8. The highest BCUT2D eigenvalue weighted by Gasteiger charge is 2.30. The van der Waals surface area contributed by atoms with Crippen LogP contribution in [0.1, 0.15) is 47.2 Å². The molecule has 0 radical (unpaired) electrons. The quantitative estimate of drug-likeness (QED) is 0.505. The third-order valence-corrected chi connectivity index (χ3v) is 7.62. The van der Waals surface area contributed by atoms with Crippen LogP contribution < -0.4 is 10.1 Å². The Morgan fingerprint density at radius 3 is 2.64 bits per heavy atom. The molecule has 5 rings (SSSR count). The fraction of sp³-hybridized carbons (Fsp3) is 0.393. The van der Waals surface area contributed by atoms with E-state index in [-0.39, 0.29) is 5.91 Å². The van der Waals surface area contributed by atoms with Gasteiger partial charge in [0.05, 0.1) is 40.5 Å². The molecular formula is C28H30ClN5O2. The van der Waals surface area contributed by atoms with Crippen molar-refractivity contribution in [3.8, 4) is 11.8 Å². The van der Waals surface area contributed by atoms with Gasteiger partial charge in [-0.3, -0.25) is 9.78 Å². The zero-order chi connectivity index (χ0) is 25.1. The molecule has 0 unspecified atom stereocenters. The molecule has 186 valence electrons. The highest BCUT2D eigenvalue weighted by molar-refractivity contribution is 6.32. The summed E-state index contributed by atoms with van der Waals surface area (Å²) in [6, 6.07) is 13.7. The molecule has 3 aromatic rings. The molecule has 2 saturated heterocycles. The summed E-state index contributed by atoms with van der Waals surface area (Å²) in [5, 5.41) is 14.2. The van der Waals surface area contributed by atoms with E-state index in [4.69, 9.17) is 16.3 Å². The lowest BCUT2D eigenvalue weighted by Gasteiger charge is -2.37. The minimum atomic E-state index is -0.0260. The van der Waals surface area contributed by atoms with Gasteiger partial charge in [0, 0.05) is 37.3 Å². The average molecular weight is 504 g/mol. The number of methoxy groups -OCH3 is 1. The molecule has 8 heteroatoms. The summed E-state index contributed by atoms with van der Waals surface area (Å²) in [4.78, 5) is 22.8. The number of fused-ring (bicyclic) bond motifs is 1. The lowest BCUT2D eigenvalue weighted by atomic mass is 10.0. The maximum absolute atomic E-state index is 13.7. The zero-order valence-electron chi connectivity index (χ0n) is 20.5. The van der Waals surface area contributed by atoms with Crippen LogP contribution in [0.25, 0.3) is 10.9 Å². The maximum Gasteiger partial charge on any atom is 0.257 e. The minimum absolute atomic E-state index is 0.0260. The molecule has 1 amide bonds. The van der Waals surface area contributed by atoms with Crippen molar-refractivity contribution in [1.82, 2.24) is 14.8 Å². The Kier molecular flexibility index (Phi) is 7.26. The number of ether oxygens (including phenoxy) is 1. The van der Waals surface area contributed by atoms with Crippen molar-refractivity contribution in [3.63, 3.8) is 0 Å².